The van der Waals surface area contributed by atoms with E-state index in [2.05, 4.69) is 0 Å². The van der Waals surface area contributed by atoms with Crippen LogP contribution < -0.4 is 0 Å². The van der Waals surface area contributed by atoms with E-state index in [0.29, 0.717) is 0 Å². The third-order valence-electron chi connectivity index (χ3n) is 2.70. The van der Waals surface area contributed by atoms with Gasteiger partial charge in [0.15, 0.2) is 0 Å². The molecule has 0 saturated heterocycles. The van der Waals surface area contributed by atoms with E-state index >= 15 is 0 Å². The lowest BCUT2D eigenvalue weighted by Gasteiger charge is -2.28. The van der Waals surface area contributed by atoms with Crippen LogP contribution in [0.15, 0.2) is 53.4 Å². The van der Waals surface area contributed by atoms with E-state index < -0.39 is 9.24 Å². The molecule has 0 bridgehead atoms. The van der Waals surface area contributed by atoms with Gasteiger partial charge in [-0.15, -0.1) is 9.24 Å². The first-order valence-corrected chi connectivity index (χ1v) is 8.54. The molecule has 0 aliphatic rings. The molecule has 1 unspecified atom stereocenters. The third kappa shape index (κ3) is 3.12. The zero-order valence-corrected chi connectivity index (χ0v) is 11.6. The standard InChI is InChI=1S/C14H15ClO2S/c1-18(15,14-8-6-13(17)7-9-14)10-11-2-4-12(16)5-3-11/h2-9,16-17H,10H2,1H3. The monoisotopic (exact) mass is 282 g/mol. The van der Waals surface area contributed by atoms with Crippen molar-refractivity contribution in [1.82, 2.24) is 0 Å². The van der Waals surface area contributed by atoms with Gasteiger partial charge in [0, 0.05) is 10.6 Å². The summed E-state index contributed by atoms with van der Waals surface area (Å²) in [6.45, 7) is 0. The quantitative estimate of drug-likeness (QED) is 0.884. The minimum atomic E-state index is -1.46. The fraction of sp³-hybridized carbons (Fsp3) is 0.143. The first kappa shape index (κ1) is 13.1. The second-order valence-electron chi connectivity index (χ2n) is 4.28. The van der Waals surface area contributed by atoms with Crippen LogP contribution in [0.1, 0.15) is 5.56 Å². The molecule has 18 heavy (non-hydrogen) atoms. The van der Waals surface area contributed by atoms with Crippen molar-refractivity contribution in [2.24, 2.45) is 0 Å². The molecule has 2 rings (SSSR count). The molecule has 96 valence electrons. The van der Waals surface area contributed by atoms with Crippen molar-refractivity contribution >= 4 is 19.9 Å². The number of hydrogen-bond donors (Lipinski definition) is 2. The summed E-state index contributed by atoms with van der Waals surface area (Å²) in [4.78, 5) is 1.04. The highest BCUT2D eigenvalue weighted by atomic mass is 35.7. The van der Waals surface area contributed by atoms with Gasteiger partial charge in [0.25, 0.3) is 0 Å². The molecule has 0 radical (unpaired) electrons. The normalized spacial score (nSPS) is 15.9. The summed E-state index contributed by atoms with van der Waals surface area (Å²) in [5.74, 6) is 1.24. The van der Waals surface area contributed by atoms with E-state index in [-0.39, 0.29) is 11.5 Å². The Kier molecular flexibility index (Phi) is 3.73. The molecule has 0 saturated carbocycles. The molecule has 0 spiro atoms. The largest absolute Gasteiger partial charge is 0.508 e. The second-order valence-corrected chi connectivity index (χ2v) is 9.04. The fourth-order valence-corrected chi connectivity index (χ4v) is 4.09. The van der Waals surface area contributed by atoms with Crippen LogP contribution in [0.25, 0.3) is 0 Å². The van der Waals surface area contributed by atoms with Crippen molar-refractivity contribution in [2.45, 2.75) is 10.6 Å². The Bertz CT molecular complexity index is 520. The number of rotatable bonds is 3. The fourth-order valence-electron chi connectivity index (χ4n) is 1.72. The first-order valence-electron chi connectivity index (χ1n) is 5.50. The van der Waals surface area contributed by atoms with E-state index in [1.54, 1.807) is 24.3 Å². The van der Waals surface area contributed by atoms with Gasteiger partial charge in [-0.25, -0.2) is 0 Å². The van der Waals surface area contributed by atoms with Crippen molar-refractivity contribution < 1.29 is 10.2 Å². The molecule has 1 atom stereocenters. The number of halogens is 1. The predicted molar refractivity (Wildman–Crippen MR) is 77.6 cm³/mol. The van der Waals surface area contributed by atoms with Gasteiger partial charge in [-0.3, -0.25) is 0 Å². The molecule has 0 aliphatic carbocycles. The Morgan fingerprint density at radius 1 is 0.889 bits per heavy atom. The van der Waals surface area contributed by atoms with Crippen LogP contribution in [-0.4, -0.2) is 16.5 Å². The van der Waals surface area contributed by atoms with Crippen LogP contribution in [-0.2, 0) is 5.75 Å². The maximum absolute atomic E-state index is 9.28. The zero-order valence-electron chi connectivity index (χ0n) is 10.0. The minimum Gasteiger partial charge on any atom is -0.508 e. The number of aromatic hydroxyl groups is 2. The number of benzene rings is 2. The van der Waals surface area contributed by atoms with Crippen LogP contribution in [0.4, 0.5) is 0 Å². The lowest BCUT2D eigenvalue weighted by molar-refractivity contribution is 0.474. The lowest BCUT2D eigenvalue weighted by atomic mass is 10.2. The zero-order chi connectivity index (χ0) is 13.2. The lowest BCUT2D eigenvalue weighted by Crippen LogP contribution is -1.95. The van der Waals surface area contributed by atoms with E-state index in [1.807, 2.05) is 30.5 Å². The van der Waals surface area contributed by atoms with Crippen LogP contribution in [0.2, 0.25) is 0 Å². The summed E-state index contributed by atoms with van der Waals surface area (Å²) in [7, 11) is 5.16. The summed E-state index contributed by atoms with van der Waals surface area (Å²) in [5, 5.41) is 18.5. The average molecular weight is 283 g/mol. The van der Waals surface area contributed by atoms with Gasteiger partial charge in [-0.1, -0.05) is 22.8 Å². The van der Waals surface area contributed by atoms with E-state index in [1.165, 1.54) is 0 Å². The highest BCUT2D eigenvalue weighted by Gasteiger charge is 2.18. The molecule has 2 aromatic rings. The van der Waals surface area contributed by atoms with Gasteiger partial charge in [0.1, 0.15) is 11.5 Å². The third-order valence-corrected chi connectivity index (χ3v) is 5.69. The maximum Gasteiger partial charge on any atom is 0.115 e. The molecule has 4 heteroatoms. The smallest absolute Gasteiger partial charge is 0.115 e. The van der Waals surface area contributed by atoms with Crippen LogP contribution in [0, 0.1) is 0 Å². The molecular formula is C14H15ClO2S. The summed E-state index contributed by atoms with van der Waals surface area (Å²) in [6.07, 6.45) is 2.02. The summed E-state index contributed by atoms with van der Waals surface area (Å²) < 4.78 is 0. The number of phenols is 2. The second kappa shape index (κ2) is 5.12. The molecular weight excluding hydrogens is 268 g/mol. The summed E-state index contributed by atoms with van der Waals surface area (Å²) in [5.41, 5.74) is 1.09. The maximum atomic E-state index is 9.28. The topological polar surface area (TPSA) is 40.5 Å². The Balaban J connectivity index is 2.20. The van der Waals surface area contributed by atoms with Crippen molar-refractivity contribution in [3.63, 3.8) is 0 Å². The van der Waals surface area contributed by atoms with Gasteiger partial charge < -0.3 is 10.2 Å². The SMILES string of the molecule is CS(Cl)(Cc1ccc(O)cc1)c1ccc(O)cc1. The Morgan fingerprint density at radius 2 is 1.33 bits per heavy atom. The summed E-state index contributed by atoms with van der Waals surface area (Å²) in [6, 6.07) is 14.1. The highest BCUT2D eigenvalue weighted by molar-refractivity contribution is 8.50. The van der Waals surface area contributed by atoms with Gasteiger partial charge in [0.2, 0.25) is 0 Å². The molecule has 2 N–H and O–H groups in total. The van der Waals surface area contributed by atoms with Gasteiger partial charge >= 0.3 is 0 Å². The van der Waals surface area contributed by atoms with Crippen molar-refractivity contribution in [3.8, 4) is 11.5 Å². The van der Waals surface area contributed by atoms with Gasteiger partial charge in [-0.2, -0.15) is 0 Å². The van der Waals surface area contributed by atoms with Crippen molar-refractivity contribution in [3.05, 3.63) is 54.1 Å². The number of hydrogen-bond acceptors (Lipinski definition) is 2. The van der Waals surface area contributed by atoms with E-state index in [9.17, 15) is 10.2 Å². The van der Waals surface area contributed by atoms with Crippen LogP contribution in [0.3, 0.4) is 0 Å². The predicted octanol–water partition coefficient (Wildman–Crippen LogP) is 4.25. The molecule has 0 amide bonds. The Morgan fingerprint density at radius 3 is 1.83 bits per heavy atom. The molecule has 0 aliphatic heterocycles. The van der Waals surface area contributed by atoms with Gasteiger partial charge in [0.05, 0.1) is 0 Å². The van der Waals surface area contributed by atoms with Crippen LogP contribution >= 0.6 is 19.9 Å². The average Bonchev–Trinajstić information content (AvgIpc) is 2.32. The van der Waals surface area contributed by atoms with Crippen molar-refractivity contribution in [1.29, 1.82) is 0 Å². The highest BCUT2D eigenvalue weighted by Crippen LogP contribution is 2.59. The molecule has 0 fully saturated rings. The van der Waals surface area contributed by atoms with E-state index in [0.717, 1.165) is 16.2 Å². The summed E-state index contributed by atoms with van der Waals surface area (Å²) >= 11 is 0. The molecule has 2 aromatic carbocycles. The first-order chi connectivity index (χ1) is 8.47. The Hall–Kier alpha value is -1.32. The molecule has 0 heterocycles. The molecule has 0 aromatic heterocycles. The van der Waals surface area contributed by atoms with E-state index in [4.69, 9.17) is 10.7 Å². The molecule has 2 nitrogen and oxygen atoms in total. The van der Waals surface area contributed by atoms with Gasteiger partial charge in [-0.05, 0) is 48.2 Å². The van der Waals surface area contributed by atoms with Crippen LogP contribution in [0.5, 0.6) is 11.5 Å². The number of phenolic OH excluding ortho intramolecular Hbond substituents is 2. The van der Waals surface area contributed by atoms with Crippen molar-refractivity contribution in [2.75, 3.05) is 6.26 Å². The Labute approximate surface area is 113 Å². The minimum absolute atomic E-state index is 0.246.